The molecular weight excluding hydrogens is 292 g/mol. The van der Waals surface area contributed by atoms with E-state index in [1.165, 1.54) is 17.5 Å². The second-order valence-electron chi connectivity index (χ2n) is 4.34. The van der Waals surface area contributed by atoms with Crippen molar-refractivity contribution in [1.82, 2.24) is 0 Å². The Morgan fingerprint density at radius 1 is 1.17 bits per heavy atom. The van der Waals surface area contributed by atoms with Gasteiger partial charge in [-0.1, -0.05) is 53.5 Å². The number of hydrogen-bond donors (Lipinski definition) is 0. The van der Waals surface area contributed by atoms with Gasteiger partial charge >= 0.3 is 0 Å². The Hall–Kier alpha value is -0.380. The summed E-state index contributed by atoms with van der Waals surface area (Å²) in [5, 5.41) is 0.812. The lowest BCUT2D eigenvalue weighted by Crippen LogP contribution is -2.12. The molecule has 1 atom stereocenters. The predicted octanol–water partition coefficient (Wildman–Crippen LogP) is 4.26. The van der Waals surface area contributed by atoms with Crippen LogP contribution in [0.3, 0.4) is 0 Å². The van der Waals surface area contributed by atoms with Gasteiger partial charge in [0.25, 0.3) is 0 Å². The van der Waals surface area contributed by atoms with Crippen LogP contribution in [0.1, 0.15) is 37.0 Å². The zero-order valence-electron chi connectivity index (χ0n) is 11.3. The van der Waals surface area contributed by atoms with Crippen LogP contribution < -0.4 is 0 Å². The first-order valence-corrected chi connectivity index (χ1v) is 7.72. The van der Waals surface area contributed by atoms with Crippen molar-refractivity contribution in [2.75, 3.05) is 25.2 Å². The summed E-state index contributed by atoms with van der Waals surface area (Å²) in [4.78, 5) is 0. The van der Waals surface area contributed by atoms with E-state index < -0.39 is 0 Å². The molecule has 18 heavy (non-hydrogen) atoms. The maximum atomic E-state index is 5.87. The van der Waals surface area contributed by atoms with Crippen LogP contribution in [-0.2, 0) is 9.47 Å². The highest BCUT2D eigenvalue weighted by Crippen LogP contribution is 2.22. The molecule has 0 N–H and O–H groups in total. The smallest absolute Gasteiger partial charge is 0.0925 e. The Morgan fingerprint density at radius 2 is 1.94 bits per heavy atom. The van der Waals surface area contributed by atoms with E-state index in [0.29, 0.717) is 13.2 Å². The van der Waals surface area contributed by atoms with Crippen molar-refractivity contribution in [3.05, 3.63) is 35.4 Å². The molecule has 0 fully saturated rings. The molecule has 0 spiro atoms. The van der Waals surface area contributed by atoms with E-state index in [0.717, 1.165) is 18.4 Å². The Kier molecular flexibility index (Phi) is 8.31. The summed E-state index contributed by atoms with van der Waals surface area (Å²) in [6.45, 7) is 6.44. The third-order valence-corrected chi connectivity index (χ3v) is 3.45. The second-order valence-corrected chi connectivity index (χ2v) is 4.98. The Balaban J connectivity index is 2.32. The van der Waals surface area contributed by atoms with Crippen LogP contribution in [0.15, 0.2) is 24.3 Å². The van der Waals surface area contributed by atoms with Gasteiger partial charge in [0.15, 0.2) is 0 Å². The molecule has 0 saturated carbocycles. The summed E-state index contributed by atoms with van der Waals surface area (Å²) >= 11 is 3.51. The monoisotopic (exact) mass is 314 g/mol. The highest BCUT2D eigenvalue weighted by molar-refractivity contribution is 9.09. The Morgan fingerprint density at radius 3 is 2.61 bits per heavy atom. The van der Waals surface area contributed by atoms with Gasteiger partial charge in [-0.05, 0) is 24.5 Å². The van der Waals surface area contributed by atoms with Gasteiger partial charge in [-0.15, -0.1) is 0 Å². The van der Waals surface area contributed by atoms with Gasteiger partial charge in [0, 0.05) is 11.9 Å². The van der Waals surface area contributed by atoms with E-state index in [2.05, 4.69) is 54.0 Å². The second kappa shape index (κ2) is 9.54. The van der Waals surface area contributed by atoms with E-state index in [-0.39, 0.29) is 6.10 Å². The molecule has 1 aromatic rings. The lowest BCUT2D eigenvalue weighted by atomic mass is 10.0. The number of rotatable bonds is 9. The standard InChI is InChI=1S/C15H23BrO2/c1-3-4-9-17-10-11-18-15(12-16)14-8-6-5-7-13(14)2/h5-8,15H,3-4,9-12H2,1-2H3. The van der Waals surface area contributed by atoms with Gasteiger partial charge in [-0.2, -0.15) is 0 Å². The first kappa shape index (κ1) is 15.7. The fraction of sp³-hybridized carbons (Fsp3) is 0.600. The van der Waals surface area contributed by atoms with E-state index in [1.54, 1.807) is 0 Å². The molecule has 1 aromatic carbocycles. The van der Waals surface area contributed by atoms with Gasteiger partial charge in [0.05, 0.1) is 19.3 Å². The first-order valence-electron chi connectivity index (χ1n) is 6.60. The van der Waals surface area contributed by atoms with Crippen molar-refractivity contribution in [1.29, 1.82) is 0 Å². The van der Waals surface area contributed by atoms with E-state index >= 15 is 0 Å². The molecule has 0 aliphatic heterocycles. The van der Waals surface area contributed by atoms with Crippen molar-refractivity contribution in [3.63, 3.8) is 0 Å². The molecule has 0 heterocycles. The molecule has 1 unspecified atom stereocenters. The molecule has 0 aliphatic rings. The minimum atomic E-state index is 0.112. The third-order valence-electron chi connectivity index (χ3n) is 2.86. The summed E-state index contributed by atoms with van der Waals surface area (Å²) < 4.78 is 11.4. The van der Waals surface area contributed by atoms with Gasteiger partial charge in [-0.25, -0.2) is 0 Å². The number of benzene rings is 1. The minimum absolute atomic E-state index is 0.112. The molecule has 0 bridgehead atoms. The summed E-state index contributed by atoms with van der Waals surface area (Å²) in [7, 11) is 0. The fourth-order valence-electron chi connectivity index (χ4n) is 1.76. The molecular formula is C15H23BrO2. The average molecular weight is 315 g/mol. The predicted molar refractivity (Wildman–Crippen MR) is 79.4 cm³/mol. The number of halogens is 1. The summed E-state index contributed by atoms with van der Waals surface area (Å²) in [5.41, 5.74) is 2.52. The first-order chi connectivity index (χ1) is 8.79. The van der Waals surface area contributed by atoms with Gasteiger partial charge in [0.2, 0.25) is 0 Å². The fourth-order valence-corrected chi connectivity index (χ4v) is 2.30. The molecule has 1 rings (SSSR count). The maximum absolute atomic E-state index is 5.87. The average Bonchev–Trinajstić information content (AvgIpc) is 2.39. The molecule has 0 aliphatic carbocycles. The number of hydrogen-bond acceptors (Lipinski definition) is 2. The van der Waals surface area contributed by atoms with Gasteiger partial charge < -0.3 is 9.47 Å². The van der Waals surface area contributed by atoms with Crippen molar-refractivity contribution < 1.29 is 9.47 Å². The van der Waals surface area contributed by atoms with Crippen molar-refractivity contribution in [3.8, 4) is 0 Å². The zero-order chi connectivity index (χ0) is 13.2. The SMILES string of the molecule is CCCCOCCOC(CBr)c1ccccc1C. The van der Waals surface area contributed by atoms with Crippen molar-refractivity contribution in [2.45, 2.75) is 32.8 Å². The molecule has 2 nitrogen and oxygen atoms in total. The van der Waals surface area contributed by atoms with Crippen LogP contribution in [0.25, 0.3) is 0 Å². The lowest BCUT2D eigenvalue weighted by molar-refractivity contribution is 0.0131. The third kappa shape index (κ3) is 5.51. The maximum Gasteiger partial charge on any atom is 0.0925 e. The van der Waals surface area contributed by atoms with E-state index in [1.807, 2.05) is 0 Å². The Labute approximate surface area is 119 Å². The molecule has 0 radical (unpaired) electrons. The highest BCUT2D eigenvalue weighted by Gasteiger charge is 2.12. The normalized spacial score (nSPS) is 12.6. The zero-order valence-corrected chi connectivity index (χ0v) is 12.9. The minimum Gasteiger partial charge on any atom is -0.379 e. The van der Waals surface area contributed by atoms with E-state index in [9.17, 15) is 0 Å². The molecule has 3 heteroatoms. The van der Waals surface area contributed by atoms with Gasteiger partial charge in [-0.3, -0.25) is 0 Å². The van der Waals surface area contributed by atoms with Crippen molar-refractivity contribution >= 4 is 15.9 Å². The quantitative estimate of drug-likeness (QED) is 0.501. The van der Waals surface area contributed by atoms with Crippen molar-refractivity contribution in [2.24, 2.45) is 0 Å². The number of alkyl halides is 1. The molecule has 0 aromatic heterocycles. The van der Waals surface area contributed by atoms with Crippen LogP contribution in [0.2, 0.25) is 0 Å². The van der Waals surface area contributed by atoms with Crippen LogP contribution in [0.5, 0.6) is 0 Å². The lowest BCUT2D eigenvalue weighted by Gasteiger charge is -2.18. The summed E-state index contributed by atoms with van der Waals surface area (Å²) in [6.07, 6.45) is 2.41. The summed E-state index contributed by atoms with van der Waals surface area (Å²) in [5.74, 6) is 0. The number of ether oxygens (including phenoxy) is 2. The number of unbranched alkanes of at least 4 members (excludes halogenated alkanes) is 1. The van der Waals surface area contributed by atoms with Crippen LogP contribution in [-0.4, -0.2) is 25.2 Å². The summed E-state index contributed by atoms with van der Waals surface area (Å²) in [6, 6.07) is 8.35. The largest absolute Gasteiger partial charge is 0.379 e. The Bertz CT molecular complexity index is 328. The molecule has 102 valence electrons. The molecule has 0 saturated heterocycles. The van der Waals surface area contributed by atoms with E-state index in [4.69, 9.17) is 9.47 Å². The topological polar surface area (TPSA) is 18.5 Å². The highest BCUT2D eigenvalue weighted by atomic mass is 79.9. The van der Waals surface area contributed by atoms with Crippen LogP contribution in [0.4, 0.5) is 0 Å². The van der Waals surface area contributed by atoms with Crippen LogP contribution >= 0.6 is 15.9 Å². The number of aryl methyl sites for hydroxylation is 1. The molecule has 0 amide bonds. The van der Waals surface area contributed by atoms with Crippen LogP contribution in [0, 0.1) is 6.92 Å². The van der Waals surface area contributed by atoms with Gasteiger partial charge in [0.1, 0.15) is 0 Å².